The molecule has 0 aliphatic carbocycles. The lowest BCUT2D eigenvalue weighted by Crippen LogP contribution is -2.53. The summed E-state index contributed by atoms with van der Waals surface area (Å²) < 4.78 is 30.9. The number of benzene rings is 3. The molecular weight excluding hydrogens is 690 g/mol. The summed E-state index contributed by atoms with van der Waals surface area (Å²) in [6.45, 7) is 7.94. The number of rotatable bonds is 24. The van der Waals surface area contributed by atoms with Crippen LogP contribution in [0.4, 0.5) is 0 Å². The fraction of sp³-hybridized carbons (Fsp3) is 0.465. The van der Waals surface area contributed by atoms with E-state index in [0.29, 0.717) is 19.3 Å². The second-order valence-corrected chi connectivity index (χ2v) is 13.1. The molecule has 3 aromatic carbocycles. The number of carbonyl (C=O) groups excluding carboxylic acids is 5. The molecule has 3 aromatic rings. The van der Waals surface area contributed by atoms with Gasteiger partial charge >= 0.3 is 17.9 Å². The van der Waals surface area contributed by atoms with Crippen molar-refractivity contribution in [1.82, 2.24) is 5.32 Å². The van der Waals surface area contributed by atoms with Crippen LogP contribution in [-0.4, -0.2) is 67.4 Å². The lowest BCUT2D eigenvalue weighted by Gasteiger charge is -2.39. The second-order valence-electron chi connectivity index (χ2n) is 13.1. The maximum atomic E-state index is 13.1. The smallest absolute Gasteiger partial charge is 0.308 e. The van der Waals surface area contributed by atoms with Crippen molar-refractivity contribution in [2.75, 3.05) is 13.2 Å². The molecule has 1 unspecified atom stereocenters. The Labute approximate surface area is 319 Å². The average molecular weight is 746 g/mol. The van der Waals surface area contributed by atoms with Crippen LogP contribution in [0.25, 0.3) is 0 Å². The summed E-state index contributed by atoms with van der Waals surface area (Å²) >= 11 is 0. The van der Waals surface area contributed by atoms with Gasteiger partial charge in [-0.25, -0.2) is 0 Å². The van der Waals surface area contributed by atoms with Gasteiger partial charge in [0.1, 0.15) is 36.2 Å². The Hall–Kier alpha value is -4.87. The first-order valence-electron chi connectivity index (χ1n) is 18.8. The predicted molar refractivity (Wildman–Crippen MR) is 203 cm³/mol. The number of hydrogen-bond acceptors (Lipinski definition) is 10. The van der Waals surface area contributed by atoms with Crippen molar-refractivity contribution in [1.29, 1.82) is 0 Å². The Bertz CT molecular complexity index is 1500. The molecule has 1 amide bonds. The third kappa shape index (κ3) is 13.5. The summed E-state index contributed by atoms with van der Waals surface area (Å²) in [7, 11) is 0. The molecule has 3 rings (SSSR count). The molecule has 0 spiro atoms. The number of esters is 3. The van der Waals surface area contributed by atoms with Crippen LogP contribution in [0.3, 0.4) is 0 Å². The van der Waals surface area contributed by atoms with Gasteiger partial charge in [-0.3, -0.25) is 19.2 Å². The average Bonchev–Trinajstić information content (AvgIpc) is 3.16. The van der Waals surface area contributed by atoms with E-state index < -0.39 is 60.6 Å². The van der Waals surface area contributed by atoms with Gasteiger partial charge in [0.15, 0.2) is 0 Å². The minimum Gasteiger partial charge on any atom is -0.463 e. The number of ketones is 1. The molecule has 0 saturated heterocycles. The van der Waals surface area contributed by atoms with Crippen molar-refractivity contribution in [2.45, 2.75) is 116 Å². The van der Waals surface area contributed by atoms with E-state index in [2.05, 4.69) is 5.32 Å². The topological polar surface area (TPSA) is 144 Å². The number of amides is 1. The minimum atomic E-state index is -1.51. The summed E-state index contributed by atoms with van der Waals surface area (Å²) in [5.74, 6) is -2.31. The van der Waals surface area contributed by atoms with Gasteiger partial charge in [-0.2, -0.15) is 0 Å². The maximum absolute atomic E-state index is 13.1. The zero-order valence-electron chi connectivity index (χ0n) is 32.1. The molecule has 0 aliphatic heterocycles. The van der Waals surface area contributed by atoms with Crippen LogP contribution in [0.1, 0.15) is 103 Å². The maximum Gasteiger partial charge on any atom is 0.308 e. The van der Waals surface area contributed by atoms with Gasteiger partial charge in [-0.05, 0) is 49.8 Å². The van der Waals surface area contributed by atoms with E-state index in [-0.39, 0.29) is 44.5 Å². The van der Waals surface area contributed by atoms with Crippen molar-refractivity contribution < 1.29 is 47.7 Å². The number of nitrogens with one attached hydrogen (secondary N) is 1. The van der Waals surface area contributed by atoms with Gasteiger partial charge in [0.2, 0.25) is 12.2 Å². The van der Waals surface area contributed by atoms with E-state index in [0.717, 1.165) is 16.7 Å². The molecule has 54 heavy (non-hydrogen) atoms. The summed E-state index contributed by atoms with van der Waals surface area (Å²) in [6.07, 6.45) is -1.79. The van der Waals surface area contributed by atoms with Crippen LogP contribution in [0.15, 0.2) is 91.0 Å². The first kappa shape index (κ1) is 43.5. The molecule has 292 valence electrons. The Morgan fingerprint density at radius 1 is 0.611 bits per heavy atom. The fourth-order valence-corrected chi connectivity index (χ4v) is 5.79. The summed E-state index contributed by atoms with van der Waals surface area (Å²) in [6, 6.07) is 27.9. The zero-order valence-corrected chi connectivity index (χ0v) is 32.1. The Morgan fingerprint density at radius 2 is 1.07 bits per heavy atom. The minimum absolute atomic E-state index is 0.0171. The van der Waals surface area contributed by atoms with Crippen molar-refractivity contribution >= 4 is 29.6 Å². The van der Waals surface area contributed by atoms with E-state index in [9.17, 15) is 24.0 Å². The van der Waals surface area contributed by atoms with Crippen LogP contribution >= 0.6 is 0 Å². The van der Waals surface area contributed by atoms with E-state index in [1.807, 2.05) is 112 Å². The monoisotopic (exact) mass is 745 g/mol. The van der Waals surface area contributed by atoms with Gasteiger partial charge in [0, 0.05) is 32.1 Å². The number of ether oxygens (including phenoxy) is 5. The molecular formula is C43H55NO10. The van der Waals surface area contributed by atoms with Crippen LogP contribution in [0, 0.1) is 0 Å². The standard InChI is InChI=1S/C43H55NO10/c1-6-18-39(47)50-29-36(44-38(46)28-27-31(4)45)42(54-41(49)20-8-3)53-37(32(5)52-40(48)19-7-2)30-51-43(33-21-12-9-13-22-33,34-23-14-10-15-24-34)35-25-16-11-17-26-35/h9-17,21-26,32,36-37,42H,6-8,18-20,27-30H2,1-5H3,(H,44,46)/t32-,36+,37?,42-/m0/s1. The normalized spacial score (nSPS) is 13.5. The Kier molecular flexibility index (Phi) is 18.6. The highest BCUT2D eigenvalue weighted by atomic mass is 16.7. The van der Waals surface area contributed by atoms with Crippen LogP contribution < -0.4 is 5.32 Å². The van der Waals surface area contributed by atoms with E-state index in [4.69, 9.17) is 23.7 Å². The molecule has 1 N–H and O–H groups in total. The van der Waals surface area contributed by atoms with E-state index >= 15 is 0 Å². The SMILES string of the molecule is CCCC(=O)OC[C@@H](NC(=O)CCC(C)=O)[C@H](OC(=O)CCC)OC(COC(c1ccccc1)(c1ccccc1)c1ccccc1)[C@H](C)OC(=O)CCC. The van der Waals surface area contributed by atoms with E-state index in [1.165, 1.54) is 6.92 Å². The second kappa shape index (κ2) is 23.0. The van der Waals surface area contributed by atoms with Crippen molar-refractivity contribution in [2.24, 2.45) is 0 Å². The lowest BCUT2D eigenvalue weighted by atomic mass is 9.80. The van der Waals surface area contributed by atoms with Crippen LogP contribution in [-0.2, 0) is 53.3 Å². The fourth-order valence-electron chi connectivity index (χ4n) is 5.79. The lowest BCUT2D eigenvalue weighted by molar-refractivity contribution is -0.227. The third-order valence-corrected chi connectivity index (χ3v) is 8.57. The first-order valence-corrected chi connectivity index (χ1v) is 18.8. The molecule has 11 heteroatoms. The molecule has 0 heterocycles. The van der Waals surface area contributed by atoms with Gasteiger partial charge < -0.3 is 33.8 Å². The molecule has 0 bridgehead atoms. The van der Waals surface area contributed by atoms with Gasteiger partial charge in [0.25, 0.3) is 0 Å². The van der Waals surface area contributed by atoms with E-state index in [1.54, 1.807) is 6.92 Å². The summed E-state index contributed by atoms with van der Waals surface area (Å²) in [5.41, 5.74) is 1.28. The highest BCUT2D eigenvalue weighted by Gasteiger charge is 2.41. The van der Waals surface area contributed by atoms with Crippen molar-refractivity contribution in [3.63, 3.8) is 0 Å². The number of carbonyl (C=O) groups is 5. The Balaban J connectivity index is 2.14. The number of Topliss-reactive ketones (excluding diaryl/α,β-unsaturated/α-hetero) is 1. The van der Waals surface area contributed by atoms with Crippen molar-refractivity contribution in [3.05, 3.63) is 108 Å². The molecule has 0 aliphatic rings. The van der Waals surface area contributed by atoms with Crippen molar-refractivity contribution in [3.8, 4) is 0 Å². The Morgan fingerprint density at radius 3 is 1.54 bits per heavy atom. The molecule has 0 aromatic heterocycles. The molecule has 11 nitrogen and oxygen atoms in total. The van der Waals surface area contributed by atoms with Crippen LogP contribution in [0.2, 0.25) is 0 Å². The van der Waals surface area contributed by atoms with Gasteiger partial charge in [0.05, 0.1) is 6.61 Å². The predicted octanol–water partition coefficient (Wildman–Crippen LogP) is 6.98. The summed E-state index contributed by atoms with van der Waals surface area (Å²) in [4.78, 5) is 63.3. The third-order valence-electron chi connectivity index (χ3n) is 8.57. The van der Waals surface area contributed by atoms with Gasteiger partial charge in [-0.1, -0.05) is 112 Å². The quantitative estimate of drug-likeness (QED) is 0.0442. The molecule has 0 fully saturated rings. The largest absolute Gasteiger partial charge is 0.463 e. The van der Waals surface area contributed by atoms with Crippen LogP contribution in [0.5, 0.6) is 0 Å². The first-order chi connectivity index (χ1) is 26.0. The highest BCUT2D eigenvalue weighted by Crippen LogP contribution is 2.41. The molecule has 0 radical (unpaired) electrons. The molecule has 0 saturated carbocycles. The molecule has 4 atom stereocenters. The highest BCUT2D eigenvalue weighted by molar-refractivity contribution is 5.83. The van der Waals surface area contributed by atoms with Gasteiger partial charge in [-0.15, -0.1) is 0 Å². The number of hydrogen-bond donors (Lipinski definition) is 1. The zero-order chi connectivity index (χ0) is 39.3. The summed E-state index contributed by atoms with van der Waals surface area (Å²) in [5, 5.41) is 2.75.